The first-order valence-electron chi connectivity index (χ1n) is 14.5. The molecule has 0 saturated carbocycles. The fraction of sp³-hybridized carbons (Fsp3) is 0.194. The summed E-state index contributed by atoms with van der Waals surface area (Å²) in [5.74, 6) is 0.0660. The average molecular weight is 604 g/mol. The molecule has 0 aliphatic heterocycles. The molecule has 1 heterocycles. The predicted molar refractivity (Wildman–Crippen MR) is 173 cm³/mol. The van der Waals surface area contributed by atoms with Crippen LogP contribution < -0.4 is 10.6 Å². The number of amides is 2. The lowest BCUT2D eigenvalue weighted by molar-refractivity contribution is -0.126. The van der Waals surface area contributed by atoms with Gasteiger partial charge in [-0.05, 0) is 71.8 Å². The SMILES string of the molecule is CC1(C(=O)Nc2nc(-c3ccc(C(=O)NCCc4cccc(Cl)c4)cc3)cs2)CC2c3ccccc3C1c1ccccc12. The van der Waals surface area contributed by atoms with Gasteiger partial charge in [-0.25, -0.2) is 4.98 Å². The Morgan fingerprint density at radius 2 is 1.58 bits per heavy atom. The van der Waals surface area contributed by atoms with E-state index < -0.39 is 5.41 Å². The molecule has 3 aliphatic carbocycles. The second kappa shape index (κ2) is 11.1. The zero-order chi connectivity index (χ0) is 29.6. The van der Waals surface area contributed by atoms with Gasteiger partial charge < -0.3 is 10.6 Å². The van der Waals surface area contributed by atoms with Gasteiger partial charge in [0.05, 0.1) is 11.1 Å². The van der Waals surface area contributed by atoms with Crippen LogP contribution in [0.1, 0.15) is 63.4 Å². The summed E-state index contributed by atoms with van der Waals surface area (Å²) in [6.07, 6.45) is 1.47. The van der Waals surface area contributed by atoms with Crippen LogP contribution >= 0.6 is 22.9 Å². The van der Waals surface area contributed by atoms with E-state index in [1.165, 1.54) is 33.6 Å². The third-order valence-electron chi connectivity index (χ3n) is 8.90. The summed E-state index contributed by atoms with van der Waals surface area (Å²) in [4.78, 5) is 31.4. The molecule has 5 nitrogen and oxygen atoms in total. The first-order valence-corrected chi connectivity index (χ1v) is 15.7. The number of anilines is 1. The summed E-state index contributed by atoms with van der Waals surface area (Å²) in [6, 6.07) is 32.2. The van der Waals surface area contributed by atoms with E-state index in [-0.39, 0.29) is 23.7 Å². The summed E-state index contributed by atoms with van der Waals surface area (Å²) in [5, 5.41) is 9.33. The summed E-state index contributed by atoms with van der Waals surface area (Å²) in [5.41, 5.74) is 7.90. The third-order valence-corrected chi connectivity index (χ3v) is 9.90. The fourth-order valence-corrected chi connectivity index (χ4v) is 7.73. The van der Waals surface area contributed by atoms with Crippen molar-refractivity contribution in [2.24, 2.45) is 5.41 Å². The molecule has 7 heteroatoms. The standard InChI is InChI=1S/C36H30ClN3O2S/c1-36(20-30-26-9-2-4-11-28(26)32(36)29-12-5-3-10-27(29)30)34(42)40-35-39-31(21-43-35)23-13-15-24(16-14-23)33(41)38-18-17-22-7-6-8-25(37)19-22/h2-16,19,21,30,32H,17-18,20H2,1H3,(H,38,41)(H,39,40,42). The molecule has 3 aliphatic rings. The zero-order valence-electron chi connectivity index (χ0n) is 23.6. The fourth-order valence-electron chi connectivity index (χ4n) is 6.80. The van der Waals surface area contributed by atoms with Crippen molar-refractivity contribution in [3.05, 3.63) is 141 Å². The van der Waals surface area contributed by atoms with Gasteiger partial charge in [-0.2, -0.15) is 0 Å². The summed E-state index contributed by atoms with van der Waals surface area (Å²) in [6.45, 7) is 2.62. The van der Waals surface area contributed by atoms with E-state index in [0.29, 0.717) is 28.7 Å². The lowest BCUT2D eigenvalue weighted by Crippen LogP contribution is -2.47. The molecule has 8 rings (SSSR count). The number of fused-ring (bicyclic) bond motifs is 1. The van der Waals surface area contributed by atoms with E-state index in [9.17, 15) is 9.59 Å². The lowest BCUT2D eigenvalue weighted by atomic mass is 9.52. The number of carbonyl (C=O) groups is 2. The van der Waals surface area contributed by atoms with Gasteiger partial charge in [0.25, 0.3) is 5.91 Å². The van der Waals surface area contributed by atoms with Crippen LogP contribution in [0.2, 0.25) is 5.02 Å². The normalized spacial score (nSPS) is 19.8. The van der Waals surface area contributed by atoms with E-state index in [0.717, 1.165) is 23.2 Å². The Labute approximate surface area is 260 Å². The first-order chi connectivity index (χ1) is 20.9. The van der Waals surface area contributed by atoms with Gasteiger partial charge in [0.15, 0.2) is 5.13 Å². The van der Waals surface area contributed by atoms with Gasteiger partial charge in [0, 0.05) is 39.9 Å². The van der Waals surface area contributed by atoms with Crippen molar-refractivity contribution < 1.29 is 9.59 Å². The minimum absolute atomic E-state index is 0.00259. The van der Waals surface area contributed by atoms with E-state index in [4.69, 9.17) is 16.6 Å². The largest absolute Gasteiger partial charge is 0.352 e. The minimum Gasteiger partial charge on any atom is -0.352 e. The second-order valence-electron chi connectivity index (χ2n) is 11.6. The Balaban J connectivity index is 1.03. The maximum atomic E-state index is 14.0. The monoisotopic (exact) mass is 603 g/mol. The highest BCUT2D eigenvalue weighted by molar-refractivity contribution is 7.14. The average Bonchev–Trinajstić information content (AvgIpc) is 3.50. The lowest BCUT2D eigenvalue weighted by Gasteiger charge is -2.50. The molecule has 2 amide bonds. The van der Waals surface area contributed by atoms with E-state index in [1.54, 1.807) is 12.1 Å². The third kappa shape index (κ3) is 5.05. The van der Waals surface area contributed by atoms with Crippen LogP contribution in [0.25, 0.3) is 11.3 Å². The number of rotatable bonds is 7. The maximum Gasteiger partial charge on any atom is 0.251 e. The Morgan fingerprint density at radius 3 is 2.26 bits per heavy atom. The number of hydrogen-bond acceptors (Lipinski definition) is 4. The molecule has 4 aromatic carbocycles. The molecular formula is C36H30ClN3O2S. The predicted octanol–water partition coefficient (Wildman–Crippen LogP) is 8.06. The molecular weight excluding hydrogens is 574 g/mol. The van der Waals surface area contributed by atoms with Crippen LogP contribution in [-0.4, -0.2) is 23.3 Å². The van der Waals surface area contributed by atoms with Gasteiger partial charge in [0.2, 0.25) is 5.91 Å². The zero-order valence-corrected chi connectivity index (χ0v) is 25.2. The molecule has 0 fully saturated rings. The van der Waals surface area contributed by atoms with Gasteiger partial charge >= 0.3 is 0 Å². The maximum absolute atomic E-state index is 14.0. The van der Waals surface area contributed by atoms with Gasteiger partial charge in [-0.3, -0.25) is 9.59 Å². The molecule has 1 unspecified atom stereocenters. The Kier molecular flexibility index (Phi) is 7.12. The van der Waals surface area contributed by atoms with Crippen molar-refractivity contribution in [1.29, 1.82) is 0 Å². The number of nitrogens with one attached hydrogen (secondary N) is 2. The van der Waals surface area contributed by atoms with Crippen molar-refractivity contribution in [3.63, 3.8) is 0 Å². The Hall–Kier alpha value is -4.26. The van der Waals surface area contributed by atoms with Crippen molar-refractivity contribution >= 4 is 39.9 Å². The number of thiazole rings is 1. The molecule has 2 N–H and O–H groups in total. The van der Waals surface area contributed by atoms with Crippen molar-refractivity contribution in [2.45, 2.75) is 31.6 Å². The van der Waals surface area contributed by atoms with Crippen molar-refractivity contribution in [3.8, 4) is 11.3 Å². The van der Waals surface area contributed by atoms with E-state index in [2.05, 4.69) is 66.1 Å². The van der Waals surface area contributed by atoms with Crippen LogP contribution in [0.3, 0.4) is 0 Å². The molecule has 214 valence electrons. The van der Waals surface area contributed by atoms with Gasteiger partial charge in [0.1, 0.15) is 0 Å². The molecule has 0 spiro atoms. The van der Waals surface area contributed by atoms with Crippen LogP contribution in [0.15, 0.2) is 102 Å². The van der Waals surface area contributed by atoms with Gasteiger partial charge in [-0.15, -0.1) is 11.3 Å². The molecule has 1 aromatic heterocycles. The number of hydrogen-bond donors (Lipinski definition) is 2. The highest BCUT2D eigenvalue weighted by atomic mass is 35.5. The van der Waals surface area contributed by atoms with Crippen LogP contribution in [0.5, 0.6) is 0 Å². The van der Waals surface area contributed by atoms with Crippen molar-refractivity contribution in [1.82, 2.24) is 10.3 Å². The Morgan fingerprint density at radius 1 is 0.907 bits per heavy atom. The number of halogens is 1. The first kappa shape index (κ1) is 27.6. The van der Waals surface area contributed by atoms with Crippen LogP contribution in [-0.2, 0) is 11.2 Å². The highest BCUT2D eigenvalue weighted by Gasteiger charge is 2.54. The number of carbonyl (C=O) groups excluding carboxylic acids is 2. The molecule has 0 saturated heterocycles. The van der Waals surface area contributed by atoms with Crippen LogP contribution in [0.4, 0.5) is 5.13 Å². The molecule has 43 heavy (non-hydrogen) atoms. The summed E-state index contributed by atoms with van der Waals surface area (Å²) < 4.78 is 0. The topological polar surface area (TPSA) is 71.1 Å². The molecule has 5 aromatic rings. The second-order valence-corrected chi connectivity index (χ2v) is 12.9. The number of nitrogens with zero attached hydrogens (tertiary/aromatic N) is 1. The quantitative estimate of drug-likeness (QED) is 0.198. The highest BCUT2D eigenvalue weighted by Crippen LogP contribution is 2.61. The molecule has 2 bridgehead atoms. The summed E-state index contributed by atoms with van der Waals surface area (Å²) in [7, 11) is 0. The number of benzene rings is 4. The van der Waals surface area contributed by atoms with Gasteiger partial charge in [-0.1, -0.05) is 84.4 Å². The summed E-state index contributed by atoms with van der Waals surface area (Å²) >= 11 is 7.47. The molecule has 1 atom stereocenters. The smallest absolute Gasteiger partial charge is 0.251 e. The molecule has 0 radical (unpaired) electrons. The minimum atomic E-state index is -0.596. The van der Waals surface area contributed by atoms with Crippen molar-refractivity contribution in [2.75, 3.05) is 11.9 Å². The Bertz CT molecular complexity index is 1800. The van der Waals surface area contributed by atoms with E-state index >= 15 is 0 Å². The van der Waals surface area contributed by atoms with Crippen LogP contribution in [0, 0.1) is 5.41 Å². The van der Waals surface area contributed by atoms with E-state index in [1.807, 2.05) is 41.8 Å². The number of aromatic nitrogens is 1.